The van der Waals surface area contributed by atoms with Gasteiger partial charge in [0.1, 0.15) is 11.4 Å². The zero-order chi connectivity index (χ0) is 19.4. The largest absolute Gasteiger partial charge is 0.487 e. The molecule has 1 saturated heterocycles. The van der Waals surface area contributed by atoms with Crippen LogP contribution in [0.15, 0.2) is 24.4 Å². The van der Waals surface area contributed by atoms with Crippen LogP contribution in [-0.2, 0) is 19.9 Å². The second-order valence-corrected chi connectivity index (χ2v) is 9.60. The number of ether oxygens (including phenoxy) is 1. The SMILES string of the molecule is Cn1cc2c(n1)CCC(c1ccc3c(c1)CCC1(CCN(C4CCC4)CC1)O3)=C2. The van der Waals surface area contributed by atoms with E-state index in [0.29, 0.717) is 0 Å². The zero-order valence-corrected chi connectivity index (χ0v) is 17.5. The van der Waals surface area contributed by atoms with Gasteiger partial charge in [0, 0.05) is 37.9 Å². The summed E-state index contributed by atoms with van der Waals surface area (Å²) in [5.74, 6) is 1.13. The van der Waals surface area contributed by atoms with Gasteiger partial charge in [-0.25, -0.2) is 0 Å². The van der Waals surface area contributed by atoms with Gasteiger partial charge in [-0.1, -0.05) is 12.5 Å². The minimum Gasteiger partial charge on any atom is -0.487 e. The van der Waals surface area contributed by atoms with E-state index >= 15 is 0 Å². The molecule has 2 aliphatic heterocycles. The van der Waals surface area contributed by atoms with Crippen molar-refractivity contribution in [3.8, 4) is 5.75 Å². The van der Waals surface area contributed by atoms with Gasteiger partial charge in [0.2, 0.25) is 0 Å². The maximum atomic E-state index is 6.68. The lowest BCUT2D eigenvalue weighted by Gasteiger charge is -2.48. The fourth-order valence-electron chi connectivity index (χ4n) is 5.73. The number of allylic oxidation sites excluding steroid dienone is 1. The normalized spacial score (nSPS) is 23.7. The monoisotopic (exact) mass is 389 g/mol. The van der Waals surface area contributed by atoms with E-state index in [2.05, 4.69) is 40.5 Å². The molecule has 1 saturated carbocycles. The van der Waals surface area contributed by atoms with Gasteiger partial charge in [0.25, 0.3) is 0 Å². The molecule has 2 aliphatic carbocycles. The predicted molar refractivity (Wildman–Crippen MR) is 116 cm³/mol. The molecule has 3 heterocycles. The minimum atomic E-state index is 0.0868. The van der Waals surface area contributed by atoms with Crippen LogP contribution in [0.1, 0.15) is 67.3 Å². The quantitative estimate of drug-likeness (QED) is 0.751. The lowest BCUT2D eigenvalue weighted by Crippen LogP contribution is -2.53. The first-order chi connectivity index (χ1) is 14.2. The molecule has 0 amide bonds. The molecule has 1 spiro atoms. The Hall–Kier alpha value is -2.07. The Balaban J connectivity index is 1.19. The summed E-state index contributed by atoms with van der Waals surface area (Å²) < 4.78 is 8.61. The van der Waals surface area contributed by atoms with Crippen molar-refractivity contribution in [2.75, 3.05) is 13.1 Å². The number of likely N-dealkylation sites (tertiary alicyclic amines) is 1. The summed E-state index contributed by atoms with van der Waals surface area (Å²) >= 11 is 0. The van der Waals surface area contributed by atoms with Gasteiger partial charge in [-0.05, 0) is 86.3 Å². The van der Waals surface area contributed by atoms with Crippen molar-refractivity contribution in [2.24, 2.45) is 7.05 Å². The van der Waals surface area contributed by atoms with Crippen LogP contribution in [-0.4, -0.2) is 39.4 Å². The molecule has 6 rings (SSSR count). The lowest BCUT2D eigenvalue weighted by atomic mass is 9.80. The molecule has 4 heteroatoms. The number of aryl methyl sites for hydroxylation is 3. The molecule has 0 atom stereocenters. The number of fused-ring (bicyclic) bond motifs is 2. The molecule has 0 unspecified atom stereocenters. The summed E-state index contributed by atoms with van der Waals surface area (Å²) in [6, 6.07) is 7.77. The number of aromatic nitrogens is 2. The number of hydrogen-bond donors (Lipinski definition) is 0. The Bertz CT molecular complexity index is 960. The number of benzene rings is 1. The van der Waals surface area contributed by atoms with Gasteiger partial charge in [-0.15, -0.1) is 0 Å². The molecular weight excluding hydrogens is 358 g/mol. The number of nitrogens with zero attached hydrogens (tertiary/aromatic N) is 3. The zero-order valence-electron chi connectivity index (χ0n) is 17.5. The Morgan fingerprint density at radius 1 is 1.07 bits per heavy atom. The van der Waals surface area contributed by atoms with E-state index in [1.165, 1.54) is 79.6 Å². The Morgan fingerprint density at radius 2 is 1.93 bits per heavy atom. The first-order valence-corrected chi connectivity index (χ1v) is 11.5. The summed E-state index contributed by atoms with van der Waals surface area (Å²) in [4.78, 5) is 2.72. The summed E-state index contributed by atoms with van der Waals surface area (Å²) in [6.45, 7) is 2.44. The van der Waals surface area contributed by atoms with Gasteiger partial charge < -0.3 is 9.64 Å². The standard InChI is InChI=1S/C25H31N3O/c1-27-17-21-16-18(5-7-23(21)26-27)19-6-8-24-20(15-19)9-10-25(29-24)11-13-28(14-12-25)22-3-2-4-22/h6,8,15-17,22H,2-5,7,9-14H2,1H3. The number of hydrogen-bond acceptors (Lipinski definition) is 3. The van der Waals surface area contributed by atoms with Crippen LogP contribution in [0.5, 0.6) is 5.75 Å². The van der Waals surface area contributed by atoms with Crippen LogP contribution in [0, 0.1) is 0 Å². The molecule has 2 aromatic rings. The maximum Gasteiger partial charge on any atom is 0.123 e. The van der Waals surface area contributed by atoms with Crippen molar-refractivity contribution >= 4 is 11.6 Å². The molecule has 4 nitrogen and oxygen atoms in total. The Labute approximate surface area is 173 Å². The number of piperidine rings is 1. The lowest BCUT2D eigenvalue weighted by molar-refractivity contribution is -0.0337. The molecular formula is C25H31N3O. The van der Waals surface area contributed by atoms with Gasteiger partial charge in [-0.2, -0.15) is 5.10 Å². The smallest absolute Gasteiger partial charge is 0.123 e. The van der Waals surface area contributed by atoms with Gasteiger partial charge >= 0.3 is 0 Å². The molecule has 2 fully saturated rings. The van der Waals surface area contributed by atoms with E-state index in [4.69, 9.17) is 4.74 Å². The highest BCUT2D eigenvalue weighted by atomic mass is 16.5. The Morgan fingerprint density at radius 3 is 2.72 bits per heavy atom. The first-order valence-electron chi connectivity index (χ1n) is 11.5. The summed E-state index contributed by atoms with van der Waals surface area (Å²) in [5.41, 5.74) is 6.78. The molecule has 0 radical (unpaired) electrons. The predicted octanol–water partition coefficient (Wildman–Crippen LogP) is 4.62. The van der Waals surface area contributed by atoms with E-state index < -0.39 is 0 Å². The second-order valence-electron chi connectivity index (χ2n) is 9.60. The van der Waals surface area contributed by atoms with E-state index in [-0.39, 0.29) is 5.60 Å². The Kier molecular flexibility index (Phi) is 4.12. The van der Waals surface area contributed by atoms with Crippen molar-refractivity contribution in [3.63, 3.8) is 0 Å². The second kappa shape index (κ2) is 6.73. The van der Waals surface area contributed by atoms with Crippen molar-refractivity contribution in [2.45, 2.75) is 69.4 Å². The summed E-state index contributed by atoms with van der Waals surface area (Å²) in [5, 5.41) is 4.57. The third-order valence-corrected chi connectivity index (χ3v) is 7.81. The highest BCUT2D eigenvalue weighted by molar-refractivity contribution is 5.84. The van der Waals surface area contributed by atoms with Gasteiger partial charge in [-0.3, -0.25) is 4.68 Å². The van der Waals surface area contributed by atoms with Gasteiger partial charge in [0.05, 0.1) is 5.69 Å². The molecule has 1 aromatic heterocycles. The van der Waals surface area contributed by atoms with E-state index in [0.717, 1.165) is 31.1 Å². The van der Waals surface area contributed by atoms with E-state index in [1.807, 2.05) is 11.7 Å². The molecule has 1 aromatic carbocycles. The molecule has 152 valence electrons. The van der Waals surface area contributed by atoms with E-state index in [9.17, 15) is 0 Å². The van der Waals surface area contributed by atoms with Crippen LogP contribution in [0.25, 0.3) is 11.6 Å². The third kappa shape index (κ3) is 3.13. The average molecular weight is 390 g/mol. The summed E-state index contributed by atoms with van der Waals surface area (Å²) in [6.07, 6.45) is 15.5. The molecule has 0 bridgehead atoms. The van der Waals surface area contributed by atoms with Crippen molar-refractivity contribution in [1.82, 2.24) is 14.7 Å². The maximum absolute atomic E-state index is 6.68. The van der Waals surface area contributed by atoms with Crippen LogP contribution in [0.4, 0.5) is 0 Å². The average Bonchev–Trinajstić information content (AvgIpc) is 3.07. The fourth-order valence-corrected chi connectivity index (χ4v) is 5.73. The molecule has 0 N–H and O–H groups in total. The van der Waals surface area contributed by atoms with Crippen molar-refractivity contribution in [1.29, 1.82) is 0 Å². The topological polar surface area (TPSA) is 30.3 Å². The van der Waals surface area contributed by atoms with Crippen LogP contribution in [0.2, 0.25) is 0 Å². The first kappa shape index (κ1) is 17.8. The fraction of sp³-hybridized carbons (Fsp3) is 0.560. The highest BCUT2D eigenvalue weighted by Gasteiger charge is 2.41. The number of rotatable bonds is 2. The van der Waals surface area contributed by atoms with Crippen LogP contribution < -0.4 is 4.74 Å². The summed E-state index contributed by atoms with van der Waals surface area (Å²) in [7, 11) is 2.01. The highest BCUT2D eigenvalue weighted by Crippen LogP contribution is 2.42. The molecule has 4 aliphatic rings. The van der Waals surface area contributed by atoms with Gasteiger partial charge in [0.15, 0.2) is 0 Å². The van der Waals surface area contributed by atoms with Crippen molar-refractivity contribution in [3.05, 3.63) is 46.8 Å². The van der Waals surface area contributed by atoms with E-state index in [1.54, 1.807) is 0 Å². The van der Waals surface area contributed by atoms with Crippen molar-refractivity contribution < 1.29 is 4.74 Å². The third-order valence-electron chi connectivity index (χ3n) is 7.81. The minimum absolute atomic E-state index is 0.0868. The van der Waals surface area contributed by atoms with Crippen LogP contribution in [0.3, 0.4) is 0 Å². The molecule has 29 heavy (non-hydrogen) atoms. The van der Waals surface area contributed by atoms with Crippen LogP contribution >= 0.6 is 0 Å².